The number of esters is 1. The van der Waals surface area contributed by atoms with Crippen molar-refractivity contribution in [3.8, 4) is 11.5 Å². The first kappa shape index (κ1) is 17.8. The summed E-state index contributed by atoms with van der Waals surface area (Å²) in [5.41, 5.74) is -0.555. The number of benzene rings is 1. The largest absolute Gasteiger partial charge is 0.493 e. The van der Waals surface area contributed by atoms with Gasteiger partial charge in [-0.1, -0.05) is 12.2 Å². The number of fused-ring (bicyclic) bond motifs is 3. The summed E-state index contributed by atoms with van der Waals surface area (Å²) in [4.78, 5) is 13.1. The van der Waals surface area contributed by atoms with Gasteiger partial charge in [0.05, 0.1) is 14.2 Å². The molecule has 0 amide bonds. The fourth-order valence-corrected chi connectivity index (χ4v) is 4.19. The molecule has 2 aliphatic carbocycles. The predicted molar refractivity (Wildman–Crippen MR) is 93.8 cm³/mol. The van der Waals surface area contributed by atoms with Crippen molar-refractivity contribution in [3.05, 3.63) is 35.4 Å². The second-order valence-electron chi connectivity index (χ2n) is 8.09. The van der Waals surface area contributed by atoms with Crippen LogP contribution in [0.3, 0.4) is 0 Å². The zero-order valence-corrected chi connectivity index (χ0v) is 15.6. The highest BCUT2D eigenvalue weighted by Gasteiger charge is 2.66. The Hall–Kier alpha value is -2.01. The highest BCUT2D eigenvalue weighted by Crippen LogP contribution is 2.63. The number of aliphatic hydroxyl groups is 1. The van der Waals surface area contributed by atoms with Gasteiger partial charge in [0.25, 0.3) is 0 Å². The zero-order valence-electron chi connectivity index (χ0n) is 15.6. The van der Waals surface area contributed by atoms with E-state index in [1.165, 1.54) is 0 Å². The lowest BCUT2D eigenvalue weighted by Crippen LogP contribution is -2.47. The summed E-state index contributed by atoms with van der Waals surface area (Å²) in [6.45, 7) is 9.53. The van der Waals surface area contributed by atoms with Crippen molar-refractivity contribution in [2.24, 2.45) is 5.41 Å². The predicted octanol–water partition coefficient (Wildman–Crippen LogP) is 3.13. The molecule has 0 heterocycles. The smallest absolute Gasteiger partial charge is 0.316 e. The molecule has 0 unspecified atom stereocenters. The maximum atomic E-state index is 13.1. The van der Waals surface area contributed by atoms with Gasteiger partial charge in [0.2, 0.25) is 0 Å². The van der Waals surface area contributed by atoms with E-state index in [4.69, 9.17) is 14.2 Å². The van der Waals surface area contributed by atoms with E-state index in [0.29, 0.717) is 36.3 Å². The summed E-state index contributed by atoms with van der Waals surface area (Å²) < 4.78 is 16.4. The van der Waals surface area contributed by atoms with Crippen molar-refractivity contribution >= 4 is 5.97 Å². The van der Waals surface area contributed by atoms with Gasteiger partial charge in [-0.15, -0.1) is 0 Å². The van der Waals surface area contributed by atoms with Crippen molar-refractivity contribution in [2.75, 3.05) is 14.2 Å². The second-order valence-corrected chi connectivity index (χ2v) is 8.09. The monoisotopic (exact) mass is 346 g/mol. The van der Waals surface area contributed by atoms with Gasteiger partial charge >= 0.3 is 5.97 Å². The highest BCUT2D eigenvalue weighted by atomic mass is 16.6. The van der Waals surface area contributed by atoms with Crippen LogP contribution in [0.15, 0.2) is 24.3 Å². The Morgan fingerprint density at radius 2 is 1.72 bits per heavy atom. The second kappa shape index (κ2) is 5.49. The quantitative estimate of drug-likeness (QED) is 0.673. The molecule has 3 rings (SSSR count). The van der Waals surface area contributed by atoms with Crippen LogP contribution in [0.5, 0.6) is 11.5 Å². The van der Waals surface area contributed by atoms with Crippen LogP contribution in [0.25, 0.3) is 0 Å². The van der Waals surface area contributed by atoms with Gasteiger partial charge in [0, 0.05) is 6.42 Å². The number of hydrogen-bond acceptors (Lipinski definition) is 5. The van der Waals surface area contributed by atoms with Crippen molar-refractivity contribution in [1.82, 2.24) is 0 Å². The molecule has 1 saturated carbocycles. The lowest BCUT2D eigenvalue weighted by Gasteiger charge is -2.36. The van der Waals surface area contributed by atoms with E-state index >= 15 is 0 Å². The Balaban J connectivity index is 2.14. The lowest BCUT2D eigenvalue weighted by atomic mass is 9.75. The first-order valence-electron chi connectivity index (χ1n) is 8.44. The summed E-state index contributed by atoms with van der Waals surface area (Å²) in [6.07, 6.45) is 1.15. The molecule has 2 aliphatic rings. The van der Waals surface area contributed by atoms with Crippen LogP contribution >= 0.6 is 0 Å². The minimum absolute atomic E-state index is 0.342. The first-order chi connectivity index (χ1) is 11.6. The van der Waals surface area contributed by atoms with Crippen molar-refractivity contribution in [3.63, 3.8) is 0 Å². The van der Waals surface area contributed by atoms with Crippen molar-refractivity contribution in [1.29, 1.82) is 0 Å². The van der Waals surface area contributed by atoms with Gasteiger partial charge in [-0.05, 0) is 56.9 Å². The van der Waals surface area contributed by atoms with Crippen LogP contribution in [0.1, 0.15) is 44.7 Å². The molecule has 0 aromatic heterocycles. The fourth-order valence-electron chi connectivity index (χ4n) is 4.19. The Morgan fingerprint density at radius 3 is 2.28 bits per heavy atom. The van der Waals surface area contributed by atoms with E-state index in [-0.39, 0.29) is 5.97 Å². The van der Waals surface area contributed by atoms with E-state index < -0.39 is 16.6 Å². The molecule has 1 N–H and O–H groups in total. The molecule has 0 aliphatic heterocycles. The van der Waals surface area contributed by atoms with Gasteiger partial charge in [0.1, 0.15) is 16.6 Å². The third kappa shape index (κ3) is 2.53. The molecule has 0 spiro atoms. The number of carbonyl (C=O) groups excluding carboxylic acids is 1. The Kier molecular flexibility index (Phi) is 3.91. The zero-order chi connectivity index (χ0) is 18.6. The molecule has 0 saturated heterocycles. The highest BCUT2D eigenvalue weighted by molar-refractivity contribution is 5.83. The summed E-state index contributed by atoms with van der Waals surface area (Å²) >= 11 is 0. The average Bonchev–Trinajstić information content (AvgIpc) is 2.89. The SMILES string of the molecule is C=C1C[C@]2(C(=O)OC(C)(C)C)Cc3cc(OC)c(OC)cc3[C@]2(O)C1. The number of rotatable bonds is 3. The van der Waals surface area contributed by atoms with Gasteiger partial charge in [-0.3, -0.25) is 4.79 Å². The van der Waals surface area contributed by atoms with E-state index in [0.717, 1.165) is 11.1 Å². The molecule has 1 aromatic rings. The Bertz CT molecular complexity index is 745. The topological polar surface area (TPSA) is 65.0 Å². The Labute approximate surface area is 148 Å². The van der Waals surface area contributed by atoms with Gasteiger partial charge in [-0.25, -0.2) is 0 Å². The van der Waals surface area contributed by atoms with Crippen molar-refractivity contribution < 1.29 is 24.1 Å². The Morgan fingerprint density at radius 1 is 1.12 bits per heavy atom. The first-order valence-corrected chi connectivity index (χ1v) is 8.44. The molecule has 136 valence electrons. The van der Waals surface area contributed by atoms with Gasteiger partial charge < -0.3 is 19.3 Å². The van der Waals surface area contributed by atoms with Crippen LogP contribution in [0, 0.1) is 5.41 Å². The van der Waals surface area contributed by atoms with E-state index in [2.05, 4.69) is 6.58 Å². The third-order valence-electron chi connectivity index (χ3n) is 5.19. The van der Waals surface area contributed by atoms with Crippen LogP contribution < -0.4 is 9.47 Å². The summed E-state index contributed by atoms with van der Waals surface area (Å²) in [5.74, 6) is 0.741. The minimum atomic E-state index is -1.33. The molecule has 0 radical (unpaired) electrons. The minimum Gasteiger partial charge on any atom is -0.493 e. The standard InChI is InChI=1S/C20H26O5/c1-12-9-19(17(21)25-18(2,3)4)11-13-7-15(23-5)16(24-6)8-14(13)20(19,22)10-12/h7-8,22H,1,9-11H2,2-6H3/t19-,20-/m1/s1. The number of carbonyl (C=O) groups is 1. The summed E-state index contributed by atoms with van der Waals surface area (Å²) in [5, 5.41) is 11.6. The number of methoxy groups -OCH3 is 2. The van der Waals surface area contributed by atoms with Crippen molar-refractivity contribution in [2.45, 2.75) is 51.2 Å². The molecule has 5 nitrogen and oxygen atoms in total. The van der Waals surface area contributed by atoms with Crippen LogP contribution in [0.2, 0.25) is 0 Å². The van der Waals surface area contributed by atoms with Gasteiger partial charge in [0.15, 0.2) is 11.5 Å². The summed E-state index contributed by atoms with van der Waals surface area (Å²) in [6, 6.07) is 3.62. The molecular formula is C20H26O5. The summed E-state index contributed by atoms with van der Waals surface area (Å²) in [7, 11) is 3.12. The third-order valence-corrected chi connectivity index (χ3v) is 5.19. The lowest BCUT2D eigenvalue weighted by molar-refractivity contribution is -0.181. The van der Waals surface area contributed by atoms with Crippen LogP contribution in [-0.4, -0.2) is 30.9 Å². The molecule has 1 fully saturated rings. The maximum absolute atomic E-state index is 13.1. The normalized spacial score (nSPS) is 27.7. The molecule has 1 aromatic carbocycles. The maximum Gasteiger partial charge on any atom is 0.316 e. The number of hydrogen-bond donors (Lipinski definition) is 1. The van der Waals surface area contributed by atoms with Gasteiger partial charge in [-0.2, -0.15) is 0 Å². The van der Waals surface area contributed by atoms with E-state index in [1.54, 1.807) is 20.3 Å². The average molecular weight is 346 g/mol. The molecule has 5 heteroatoms. The van der Waals surface area contributed by atoms with Crippen LogP contribution in [-0.2, 0) is 21.6 Å². The molecule has 25 heavy (non-hydrogen) atoms. The molecule has 0 bridgehead atoms. The fraction of sp³-hybridized carbons (Fsp3) is 0.550. The van der Waals surface area contributed by atoms with E-state index in [9.17, 15) is 9.90 Å². The molecular weight excluding hydrogens is 320 g/mol. The van der Waals surface area contributed by atoms with E-state index in [1.807, 2.05) is 26.8 Å². The molecule has 2 atom stereocenters. The number of ether oxygens (including phenoxy) is 3. The van der Waals surface area contributed by atoms with Crippen LogP contribution in [0.4, 0.5) is 0 Å².